The van der Waals surface area contributed by atoms with Crippen molar-refractivity contribution >= 4 is 17.4 Å². The quantitative estimate of drug-likeness (QED) is 0.324. The van der Waals surface area contributed by atoms with Gasteiger partial charge in [-0.05, 0) is 36.2 Å². The first-order valence-electron chi connectivity index (χ1n) is 6.74. The molecule has 0 radical (unpaired) electrons. The van der Waals surface area contributed by atoms with Crippen LogP contribution in [-0.2, 0) is 16.0 Å². The molecule has 120 valence electrons. The summed E-state index contributed by atoms with van der Waals surface area (Å²) >= 11 is 0. The van der Waals surface area contributed by atoms with Crippen molar-refractivity contribution in [2.75, 3.05) is 5.32 Å². The molecule has 0 spiro atoms. The maximum Gasteiger partial charge on any atom is 0.291 e. The van der Waals surface area contributed by atoms with Gasteiger partial charge in [0.15, 0.2) is 23.0 Å². The standard InChI is InChI=1S/C16H15NO6/c18-11-4-1-9(7-14(11)21)2-5-13(20)16(23)17-10-3-6-12(19)15(22)8-10/h1,3-4,6-8,18-19,21-22H,2,5H2,(H,17,23). The van der Waals surface area contributed by atoms with Crippen molar-refractivity contribution in [3.63, 3.8) is 0 Å². The molecular weight excluding hydrogens is 302 g/mol. The molecule has 23 heavy (non-hydrogen) atoms. The molecule has 7 nitrogen and oxygen atoms in total. The van der Waals surface area contributed by atoms with Gasteiger partial charge >= 0.3 is 0 Å². The predicted octanol–water partition coefficient (Wildman–Crippen LogP) is 1.65. The van der Waals surface area contributed by atoms with E-state index in [9.17, 15) is 30.0 Å². The van der Waals surface area contributed by atoms with Crippen molar-refractivity contribution in [1.29, 1.82) is 0 Å². The molecular formula is C16H15NO6. The van der Waals surface area contributed by atoms with Crippen LogP contribution in [0.25, 0.3) is 0 Å². The maximum absolute atomic E-state index is 11.8. The molecule has 0 aliphatic carbocycles. The second-order valence-electron chi connectivity index (χ2n) is 4.90. The highest BCUT2D eigenvalue weighted by atomic mass is 16.3. The van der Waals surface area contributed by atoms with Crippen molar-refractivity contribution < 1.29 is 30.0 Å². The minimum atomic E-state index is -0.849. The molecule has 0 saturated carbocycles. The number of phenols is 4. The molecule has 0 aliphatic rings. The number of aromatic hydroxyl groups is 4. The number of rotatable bonds is 5. The van der Waals surface area contributed by atoms with E-state index in [4.69, 9.17) is 0 Å². The Hall–Kier alpha value is -3.22. The predicted molar refractivity (Wildman–Crippen MR) is 81.5 cm³/mol. The third kappa shape index (κ3) is 4.13. The van der Waals surface area contributed by atoms with Crippen LogP contribution in [0.15, 0.2) is 36.4 Å². The van der Waals surface area contributed by atoms with Crippen LogP contribution in [0.2, 0.25) is 0 Å². The van der Waals surface area contributed by atoms with Gasteiger partial charge in [-0.3, -0.25) is 9.59 Å². The Morgan fingerprint density at radius 3 is 2.04 bits per heavy atom. The monoisotopic (exact) mass is 317 g/mol. The summed E-state index contributed by atoms with van der Waals surface area (Å²) in [6.07, 6.45) is 0.140. The summed E-state index contributed by atoms with van der Waals surface area (Å²) in [6, 6.07) is 7.82. The van der Waals surface area contributed by atoms with E-state index in [2.05, 4.69) is 5.32 Å². The minimum Gasteiger partial charge on any atom is -0.504 e. The van der Waals surface area contributed by atoms with Crippen LogP contribution in [-0.4, -0.2) is 32.1 Å². The van der Waals surface area contributed by atoms with Crippen molar-refractivity contribution in [3.05, 3.63) is 42.0 Å². The lowest BCUT2D eigenvalue weighted by Crippen LogP contribution is -2.23. The Bertz CT molecular complexity index is 756. The third-order valence-corrected chi connectivity index (χ3v) is 3.17. The molecule has 0 bridgehead atoms. The van der Waals surface area contributed by atoms with Crippen LogP contribution in [0, 0.1) is 0 Å². The van der Waals surface area contributed by atoms with Gasteiger partial charge in [0, 0.05) is 18.2 Å². The summed E-state index contributed by atoms with van der Waals surface area (Å²) < 4.78 is 0. The van der Waals surface area contributed by atoms with Crippen molar-refractivity contribution in [3.8, 4) is 23.0 Å². The smallest absolute Gasteiger partial charge is 0.291 e. The summed E-state index contributed by atoms with van der Waals surface area (Å²) in [6.45, 7) is 0. The number of anilines is 1. The van der Waals surface area contributed by atoms with E-state index < -0.39 is 17.4 Å². The fourth-order valence-corrected chi connectivity index (χ4v) is 1.90. The molecule has 0 saturated heterocycles. The van der Waals surface area contributed by atoms with Crippen molar-refractivity contribution in [2.45, 2.75) is 12.8 Å². The summed E-state index contributed by atoms with van der Waals surface area (Å²) in [4.78, 5) is 23.5. The largest absolute Gasteiger partial charge is 0.504 e. The van der Waals surface area contributed by atoms with Gasteiger partial charge in [-0.2, -0.15) is 0 Å². The molecule has 0 unspecified atom stereocenters. The molecule has 0 heterocycles. The molecule has 0 atom stereocenters. The number of Topliss-reactive ketones (excluding diaryl/α,β-unsaturated/α-hetero) is 1. The molecule has 2 rings (SSSR count). The normalized spacial score (nSPS) is 10.3. The Morgan fingerprint density at radius 2 is 1.43 bits per heavy atom. The van der Waals surface area contributed by atoms with Gasteiger partial charge in [-0.1, -0.05) is 6.07 Å². The van der Waals surface area contributed by atoms with E-state index in [-0.39, 0.29) is 35.8 Å². The highest BCUT2D eigenvalue weighted by Gasteiger charge is 2.15. The van der Waals surface area contributed by atoms with Crippen LogP contribution in [0.5, 0.6) is 23.0 Å². The topological polar surface area (TPSA) is 127 Å². The number of hydrogen-bond acceptors (Lipinski definition) is 6. The molecule has 0 aromatic heterocycles. The van der Waals surface area contributed by atoms with Gasteiger partial charge in [0.05, 0.1) is 0 Å². The van der Waals surface area contributed by atoms with E-state index >= 15 is 0 Å². The number of phenolic OH excluding ortho intramolecular Hbond substituents is 4. The Balaban J connectivity index is 1.93. The van der Waals surface area contributed by atoms with Gasteiger partial charge in [-0.15, -0.1) is 0 Å². The first-order valence-corrected chi connectivity index (χ1v) is 6.74. The Morgan fingerprint density at radius 1 is 0.826 bits per heavy atom. The zero-order valence-corrected chi connectivity index (χ0v) is 12.0. The molecule has 1 amide bonds. The number of carbonyl (C=O) groups excluding carboxylic acids is 2. The highest BCUT2D eigenvalue weighted by Crippen LogP contribution is 2.27. The summed E-state index contributed by atoms with van der Waals surface area (Å²) in [5, 5.41) is 39.4. The summed E-state index contributed by atoms with van der Waals surface area (Å²) in [7, 11) is 0. The van der Waals surface area contributed by atoms with Crippen LogP contribution < -0.4 is 5.32 Å². The van der Waals surface area contributed by atoms with Gasteiger partial charge in [0.2, 0.25) is 5.78 Å². The van der Waals surface area contributed by atoms with Crippen molar-refractivity contribution in [2.24, 2.45) is 0 Å². The number of hydrogen-bond donors (Lipinski definition) is 5. The van der Waals surface area contributed by atoms with E-state index in [1.54, 1.807) is 0 Å². The number of amides is 1. The number of benzene rings is 2. The first kappa shape index (κ1) is 16.2. The molecule has 5 N–H and O–H groups in total. The van der Waals surface area contributed by atoms with E-state index in [0.29, 0.717) is 5.56 Å². The average Bonchev–Trinajstić information content (AvgIpc) is 2.51. The lowest BCUT2D eigenvalue weighted by Gasteiger charge is -2.06. The SMILES string of the molecule is O=C(CCc1ccc(O)c(O)c1)C(=O)Nc1ccc(O)c(O)c1. The lowest BCUT2D eigenvalue weighted by molar-refractivity contribution is -0.134. The number of ketones is 1. The highest BCUT2D eigenvalue weighted by molar-refractivity contribution is 6.40. The maximum atomic E-state index is 11.8. The van der Waals surface area contributed by atoms with Crippen LogP contribution in [0.3, 0.4) is 0 Å². The van der Waals surface area contributed by atoms with Gasteiger partial charge in [-0.25, -0.2) is 0 Å². The van der Waals surface area contributed by atoms with E-state index in [1.807, 2.05) is 0 Å². The minimum absolute atomic E-state index is 0.0832. The van der Waals surface area contributed by atoms with Crippen LogP contribution in [0.1, 0.15) is 12.0 Å². The Labute approximate surface area is 131 Å². The number of carbonyl (C=O) groups is 2. The van der Waals surface area contributed by atoms with Gasteiger partial charge < -0.3 is 25.7 Å². The van der Waals surface area contributed by atoms with Crippen LogP contribution >= 0.6 is 0 Å². The molecule has 2 aromatic rings. The van der Waals surface area contributed by atoms with Gasteiger partial charge in [0.1, 0.15) is 0 Å². The number of nitrogens with one attached hydrogen (secondary N) is 1. The third-order valence-electron chi connectivity index (χ3n) is 3.17. The molecule has 0 fully saturated rings. The number of aryl methyl sites for hydroxylation is 1. The Kier molecular flexibility index (Phi) is 4.70. The van der Waals surface area contributed by atoms with E-state index in [1.165, 1.54) is 30.3 Å². The summed E-state index contributed by atoms with van der Waals surface area (Å²) in [5.74, 6) is -2.82. The molecule has 2 aromatic carbocycles. The van der Waals surface area contributed by atoms with Gasteiger partial charge in [0.25, 0.3) is 5.91 Å². The fraction of sp³-hybridized carbons (Fsp3) is 0.125. The second-order valence-corrected chi connectivity index (χ2v) is 4.90. The van der Waals surface area contributed by atoms with E-state index in [0.717, 1.165) is 6.07 Å². The van der Waals surface area contributed by atoms with Crippen LogP contribution in [0.4, 0.5) is 5.69 Å². The average molecular weight is 317 g/mol. The fourth-order valence-electron chi connectivity index (χ4n) is 1.90. The second kappa shape index (κ2) is 6.69. The zero-order chi connectivity index (χ0) is 17.0. The first-order chi connectivity index (χ1) is 10.9. The summed E-state index contributed by atoms with van der Waals surface area (Å²) in [5.41, 5.74) is 0.782. The zero-order valence-electron chi connectivity index (χ0n) is 12.0. The molecule has 0 aliphatic heterocycles. The lowest BCUT2D eigenvalue weighted by atomic mass is 10.1. The van der Waals surface area contributed by atoms with Crippen molar-refractivity contribution in [1.82, 2.24) is 0 Å². The molecule has 7 heteroatoms.